The number of rotatable bonds is 6. The zero-order valence-corrected chi connectivity index (χ0v) is 12.3. The molecule has 0 bridgehead atoms. The van der Waals surface area contributed by atoms with Crippen molar-refractivity contribution in [2.75, 3.05) is 11.9 Å². The number of hydrogen-bond donors (Lipinski definition) is 2. The fourth-order valence-electron chi connectivity index (χ4n) is 2.03. The van der Waals surface area contributed by atoms with E-state index < -0.39 is 5.91 Å². The minimum absolute atomic E-state index is 0.410. The Morgan fingerprint density at radius 2 is 1.90 bits per heavy atom. The number of carbonyl (C=O) groups excluding carboxylic acids is 1. The summed E-state index contributed by atoms with van der Waals surface area (Å²) in [6.45, 7) is 5.29. The maximum atomic E-state index is 11.0. The van der Waals surface area contributed by atoms with Gasteiger partial charge in [0.05, 0.1) is 12.3 Å². The molecule has 0 aliphatic heterocycles. The Bertz CT molecular complexity index is 621. The SMILES string of the molecule is CCOc1cc(C)ccc1NCc1ccc(C(N)=O)cc1. The molecule has 0 fully saturated rings. The van der Waals surface area contributed by atoms with E-state index in [9.17, 15) is 4.79 Å². The number of nitrogens with two attached hydrogens (primary N) is 1. The Balaban J connectivity index is 2.07. The molecule has 0 heterocycles. The molecule has 0 saturated heterocycles. The van der Waals surface area contributed by atoms with Crippen LogP contribution in [0.25, 0.3) is 0 Å². The van der Waals surface area contributed by atoms with Gasteiger partial charge in [0.1, 0.15) is 5.75 Å². The first kappa shape index (κ1) is 14.9. The molecule has 4 heteroatoms. The standard InChI is InChI=1S/C17H20N2O2/c1-3-21-16-10-12(2)4-9-15(16)19-11-13-5-7-14(8-6-13)17(18)20/h4-10,19H,3,11H2,1-2H3,(H2,18,20). The highest BCUT2D eigenvalue weighted by Gasteiger charge is 2.04. The van der Waals surface area contributed by atoms with Gasteiger partial charge in [-0.25, -0.2) is 0 Å². The van der Waals surface area contributed by atoms with Crippen LogP contribution < -0.4 is 15.8 Å². The molecule has 0 atom stereocenters. The van der Waals surface area contributed by atoms with Gasteiger partial charge in [-0.15, -0.1) is 0 Å². The van der Waals surface area contributed by atoms with E-state index >= 15 is 0 Å². The molecule has 2 rings (SSSR count). The van der Waals surface area contributed by atoms with Crippen LogP contribution in [0.4, 0.5) is 5.69 Å². The van der Waals surface area contributed by atoms with Crippen molar-refractivity contribution in [3.63, 3.8) is 0 Å². The van der Waals surface area contributed by atoms with E-state index in [-0.39, 0.29) is 0 Å². The maximum Gasteiger partial charge on any atom is 0.248 e. The van der Waals surface area contributed by atoms with Gasteiger partial charge < -0.3 is 15.8 Å². The van der Waals surface area contributed by atoms with Crippen LogP contribution in [0.5, 0.6) is 5.75 Å². The lowest BCUT2D eigenvalue weighted by atomic mass is 10.1. The summed E-state index contributed by atoms with van der Waals surface area (Å²) in [6, 6.07) is 13.3. The fourth-order valence-corrected chi connectivity index (χ4v) is 2.03. The van der Waals surface area contributed by atoms with Gasteiger partial charge in [0.15, 0.2) is 0 Å². The molecule has 0 aliphatic carbocycles. The average Bonchev–Trinajstić information content (AvgIpc) is 2.47. The van der Waals surface area contributed by atoms with Crippen molar-refractivity contribution < 1.29 is 9.53 Å². The third kappa shape index (κ3) is 3.99. The zero-order chi connectivity index (χ0) is 15.2. The van der Waals surface area contributed by atoms with Crippen molar-refractivity contribution in [2.45, 2.75) is 20.4 Å². The quantitative estimate of drug-likeness (QED) is 0.856. The first-order valence-electron chi connectivity index (χ1n) is 6.96. The minimum Gasteiger partial charge on any atom is -0.492 e. The van der Waals surface area contributed by atoms with Gasteiger partial charge in [-0.3, -0.25) is 4.79 Å². The number of primary amides is 1. The molecule has 2 aromatic carbocycles. The van der Waals surface area contributed by atoms with E-state index in [1.807, 2.05) is 44.2 Å². The highest BCUT2D eigenvalue weighted by molar-refractivity contribution is 5.92. The summed E-state index contributed by atoms with van der Waals surface area (Å²) in [5.41, 5.74) is 8.94. The van der Waals surface area contributed by atoms with Crippen LogP contribution in [0.2, 0.25) is 0 Å². The highest BCUT2D eigenvalue weighted by Crippen LogP contribution is 2.26. The largest absolute Gasteiger partial charge is 0.492 e. The molecule has 21 heavy (non-hydrogen) atoms. The van der Waals surface area contributed by atoms with Crippen molar-refractivity contribution in [3.05, 3.63) is 59.2 Å². The second-order valence-electron chi connectivity index (χ2n) is 4.85. The molecule has 4 nitrogen and oxygen atoms in total. The lowest BCUT2D eigenvalue weighted by molar-refractivity contribution is 0.100. The van der Waals surface area contributed by atoms with Crippen LogP contribution in [-0.4, -0.2) is 12.5 Å². The molecule has 0 radical (unpaired) electrons. The van der Waals surface area contributed by atoms with Crippen molar-refractivity contribution in [1.29, 1.82) is 0 Å². The van der Waals surface area contributed by atoms with Gasteiger partial charge in [-0.2, -0.15) is 0 Å². The first-order valence-corrected chi connectivity index (χ1v) is 6.96. The molecule has 110 valence electrons. The van der Waals surface area contributed by atoms with Crippen LogP contribution in [-0.2, 0) is 6.54 Å². The molecule has 1 amide bonds. The van der Waals surface area contributed by atoms with Gasteiger partial charge in [0.2, 0.25) is 5.91 Å². The molecule has 0 spiro atoms. The monoisotopic (exact) mass is 284 g/mol. The number of anilines is 1. The normalized spacial score (nSPS) is 10.2. The van der Waals surface area contributed by atoms with Crippen LogP contribution >= 0.6 is 0 Å². The maximum absolute atomic E-state index is 11.0. The van der Waals surface area contributed by atoms with Crippen molar-refractivity contribution in [1.82, 2.24) is 0 Å². The van der Waals surface area contributed by atoms with Gasteiger partial charge in [0, 0.05) is 12.1 Å². The van der Waals surface area contributed by atoms with E-state index in [1.54, 1.807) is 12.1 Å². The fraction of sp³-hybridized carbons (Fsp3) is 0.235. The number of amides is 1. The Labute approximate surface area is 124 Å². The van der Waals surface area contributed by atoms with E-state index in [0.717, 1.165) is 22.6 Å². The van der Waals surface area contributed by atoms with Crippen molar-refractivity contribution >= 4 is 11.6 Å². The predicted octanol–water partition coefficient (Wildman–Crippen LogP) is 3.10. The summed E-state index contributed by atoms with van der Waals surface area (Å²) >= 11 is 0. The summed E-state index contributed by atoms with van der Waals surface area (Å²) in [5.74, 6) is 0.443. The average molecular weight is 284 g/mol. The number of hydrogen-bond acceptors (Lipinski definition) is 3. The smallest absolute Gasteiger partial charge is 0.248 e. The second kappa shape index (κ2) is 6.79. The van der Waals surface area contributed by atoms with Crippen molar-refractivity contribution in [2.24, 2.45) is 5.73 Å². The lowest BCUT2D eigenvalue weighted by Gasteiger charge is -2.13. The Morgan fingerprint density at radius 3 is 2.52 bits per heavy atom. The van der Waals surface area contributed by atoms with E-state index in [2.05, 4.69) is 5.32 Å². The van der Waals surface area contributed by atoms with E-state index in [1.165, 1.54) is 0 Å². The first-order chi connectivity index (χ1) is 10.1. The third-order valence-corrected chi connectivity index (χ3v) is 3.16. The molecule has 3 N–H and O–H groups in total. The number of nitrogens with one attached hydrogen (secondary N) is 1. The van der Waals surface area contributed by atoms with Crippen molar-refractivity contribution in [3.8, 4) is 5.75 Å². The Kier molecular flexibility index (Phi) is 4.82. The highest BCUT2D eigenvalue weighted by atomic mass is 16.5. The molecule has 0 aliphatic rings. The third-order valence-electron chi connectivity index (χ3n) is 3.16. The molecule has 0 saturated carbocycles. The Hall–Kier alpha value is -2.49. The number of aryl methyl sites for hydroxylation is 1. The molecule has 2 aromatic rings. The van der Waals surface area contributed by atoms with Gasteiger partial charge in [-0.1, -0.05) is 18.2 Å². The Morgan fingerprint density at radius 1 is 1.19 bits per heavy atom. The summed E-state index contributed by atoms with van der Waals surface area (Å²) in [6.07, 6.45) is 0. The predicted molar refractivity (Wildman–Crippen MR) is 84.6 cm³/mol. The van der Waals surface area contributed by atoms with Crippen LogP contribution in [0.1, 0.15) is 28.4 Å². The topological polar surface area (TPSA) is 64.3 Å². The number of ether oxygens (including phenoxy) is 1. The second-order valence-corrected chi connectivity index (χ2v) is 4.85. The summed E-state index contributed by atoms with van der Waals surface area (Å²) in [4.78, 5) is 11.0. The minimum atomic E-state index is -0.410. The van der Waals surface area contributed by atoms with E-state index in [0.29, 0.717) is 18.7 Å². The summed E-state index contributed by atoms with van der Waals surface area (Å²) in [7, 11) is 0. The van der Waals surface area contributed by atoms with Gasteiger partial charge >= 0.3 is 0 Å². The molecular formula is C17H20N2O2. The van der Waals surface area contributed by atoms with Gasteiger partial charge in [-0.05, 0) is 49.2 Å². The molecule has 0 aromatic heterocycles. The van der Waals surface area contributed by atoms with Crippen LogP contribution in [0.3, 0.4) is 0 Å². The van der Waals surface area contributed by atoms with Gasteiger partial charge in [0.25, 0.3) is 0 Å². The zero-order valence-electron chi connectivity index (χ0n) is 12.3. The van der Waals surface area contributed by atoms with Crippen LogP contribution in [0.15, 0.2) is 42.5 Å². The number of benzene rings is 2. The summed E-state index contributed by atoms with van der Waals surface area (Å²) in [5, 5.41) is 3.35. The van der Waals surface area contributed by atoms with E-state index in [4.69, 9.17) is 10.5 Å². The molecular weight excluding hydrogens is 264 g/mol. The number of carbonyl (C=O) groups is 1. The molecule has 0 unspecified atom stereocenters. The lowest BCUT2D eigenvalue weighted by Crippen LogP contribution is -2.10. The van der Waals surface area contributed by atoms with Crippen LogP contribution in [0, 0.1) is 6.92 Å². The summed E-state index contributed by atoms with van der Waals surface area (Å²) < 4.78 is 5.63.